The number of nitrogens with two attached hydrogens (primary N) is 1. The maximum Gasteiger partial charge on any atom is 0.227 e. The van der Waals surface area contributed by atoms with Gasteiger partial charge in [0.1, 0.15) is 0 Å². The van der Waals surface area contributed by atoms with Crippen LogP contribution in [-0.4, -0.2) is 19.0 Å². The van der Waals surface area contributed by atoms with E-state index in [2.05, 4.69) is 26.1 Å². The molecule has 0 aromatic carbocycles. The fourth-order valence-corrected chi connectivity index (χ4v) is 3.35. The number of rotatable bonds is 7. The molecule has 0 bridgehead atoms. The minimum atomic E-state index is -0.347. The van der Waals surface area contributed by atoms with Gasteiger partial charge < -0.3 is 11.1 Å². The molecule has 0 saturated heterocycles. The van der Waals surface area contributed by atoms with Crippen LogP contribution in [-0.2, 0) is 4.79 Å². The van der Waals surface area contributed by atoms with Crippen molar-refractivity contribution in [2.75, 3.05) is 13.1 Å². The maximum absolute atomic E-state index is 12.3. The largest absolute Gasteiger partial charge is 0.356 e. The molecule has 1 rings (SSSR count). The van der Waals surface area contributed by atoms with Crippen LogP contribution in [0.5, 0.6) is 0 Å². The molecule has 1 saturated carbocycles. The average Bonchev–Trinajstić information content (AvgIpc) is 2.41. The summed E-state index contributed by atoms with van der Waals surface area (Å²) in [5.74, 6) is 1.83. The van der Waals surface area contributed by atoms with Gasteiger partial charge in [-0.25, -0.2) is 0 Å². The molecule has 3 heteroatoms. The third-order valence-electron chi connectivity index (χ3n) is 5.11. The Hall–Kier alpha value is -0.570. The smallest absolute Gasteiger partial charge is 0.227 e. The van der Waals surface area contributed by atoms with Crippen molar-refractivity contribution >= 4 is 5.91 Å². The average molecular weight is 268 g/mol. The van der Waals surface area contributed by atoms with Crippen molar-refractivity contribution in [3.05, 3.63) is 0 Å². The highest BCUT2D eigenvalue weighted by molar-refractivity contribution is 5.82. The van der Waals surface area contributed by atoms with Gasteiger partial charge in [0, 0.05) is 13.1 Å². The van der Waals surface area contributed by atoms with Gasteiger partial charge in [-0.05, 0) is 37.5 Å². The molecule has 2 atom stereocenters. The molecule has 112 valence electrons. The van der Waals surface area contributed by atoms with Crippen LogP contribution in [0, 0.1) is 17.3 Å². The number of carbonyl (C=O) groups is 1. The highest BCUT2D eigenvalue weighted by Gasteiger charge is 2.33. The second-order valence-electron chi connectivity index (χ2n) is 6.37. The van der Waals surface area contributed by atoms with Gasteiger partial charge in [0.15, 0.2) is 0 Å². The topological polar surface area (TPSA) is 55.1 Å². The predicted molar refractivity (Wildman–Crippen MR) is 80.8 cm³/mol. The second-order valence-corrected chi connectivity index (χ2v) is 6.37. The summed E-state index contributed by atoms with van der Waals surface area (Å²) in [6.07, 6.45) is 8.19. The normalized spacial score (nSPS) is 24.2. The maximum atomic E-state index is 12.3. The van der Waals surface area contributed by atoms with E-state index in [4.69, 9.17) is 5.73 Å². The van der Waals surface area contributed by atoms with Crippen molar-refractivity contribution < 1.29 is 4.79 Å². The molecule has 2 unspecified atom stereocenters. The standard InChI is InChI=1S/C16H32N2O/c1-4-16(5-2,12-17)15(19)18-10-9-14-8-6-7-13(3)11-14/h13-14H,4-12,17H2,1-3H3,(H,18,19). The first-order valence-corrected chi connectivity index (χ1v) is 8.06. The number of hydrogen-bond acceptors (Lipinski definition) is 2. The molecule has 1 amide bonds. The minimum Gasteiger partial charge on any atom is -0.356 e. The Bertz CT molecular complexity index is 266. The van der Waals surface area contributed by atoms with Gasteiger partial charge in [0.25, 0.3) is 0 Å². The van der Waals surface area contributed by atoms with E-state index in [-0.39, 0.29) is 11.3 Å². The van der Waals surface area contributed by atoms with Crippen LogP contribution in [0.1, 0.15) is 65.7 Å². The molecule has 1 aliphatic rings. The SMILES string of the molecule is CCC(CC)(CN)C(=O)NCCC1CCCC(C)C1. The van der Waals surface area contributed by atoms with Crippen LogP contribution in [0.15, 0.2) is 0 Å². The quantitative estimate of drug-likeness (QED) is 0.745. The van der Waals surface area contributed by atoms with Crippen LogP contribution in [0.25, 0.3) is 0 Å². The van der Waals surface area contributed by atoms with E-state index in [0.29, 0.717) is 6.54 Å². The molecule has 1 fully saturated rings. The fourth-order valence-electron chi connectivity index (χ4n) is 3.35. The lowest BCUT2D eigenvalue weighted by molar-refractivity contribution is -0.131. The first-order chi connectivity index (χ1) is 9.07. The first-order valence-electron chi connectivity index (χ1n) is 8.06. The summed E-state index contributed by atoms with van der Waals surface area (Å²) in [4.78, 5) is 12.3. The first kappa shape index (κ1) is 16.5. The Balaban J connectivity index is 2.33. The molecule has 19 heavy (non-hydrogen) atoms. The zero-order valence-corrected chi connectivity index (χ0v) is 13.0. The van der Waals surface area contributed by atoms with E-state index in [1.807, 2.05) is 0 Å². The fraction of sp³-hybridized carbons (Fsp3) is 0.938. The van der Waals surface area contributed by atoms with Gasteiger partial charge in [0.2, 0.25) is 5.91 Å². The lowest BCUT2D eigenvalue weighted by atomic mass is 9.80. The van der Waals surface area contributed by atoms with Gasteiger partial charge >= 0.3 is 0 Å². The van der Waals surface area contributed by atoms with Crippen molar-refractivity contribution in [1.82, 2.24) is 5.32 Å². The third-order valence-corrected chi connectivity index (χ3v) is 5.11. The lowest BCUT2D eigenvalue weighted by Crippen LogP contribution is -2.45. The van der Waals surface area contributed by atoms with Crippen LogP contribution < -0.4 is 11.1 Å². The summed E-state index contributed by atoms with van der Waals surface area (Å²) in [5, 5.41) is 3.12. The van der Waals surface area contributed by atoms with Crippen molar-refractivity contribution in [3.8, 4) is 0 Å². The number of hydrogen-bond donors (Lipinski definition) is 2. The molecule has 3 N–H and O–H groups in total. The summed E-state index contributed by atoms with van der Waals surface area (Å²) >= 11 is 0. The molecule has 0 aromatic rings. The van der Waals surface area contributed by atoms with E-state index >= 15 is 0 Å². The third kappa shape index (κ3) is 4.48. The molecule has 0 aliphatic heterocycles. The van der Waals surface area contributed by atoms with Gasteiger partial charge in [-0.2, -0.15) is 0 Å². The van der Waals surface area contributed by atoms with Crippen LogP contribution in [0.2, 0.25) is 0 Å². The highest BCUT2D eigenvalue weighted by Crippen LogP contribution is 2.30. The van der Waals surface area contributed by atoms with Crippen molar-refractivity contribution in [3.63, 3.8) is 0 Å². The Morgan fingerprint density at radius 3 is 2.53 bits per heavy atom. The summed E-state index contributed by atoms with van der Waals surface area (Å²) < 4.78 is 0. The van der Waals surface area contributed by atoms with Crippen LogP contribution >= 0.6 is 0 Å². The van der Waals surface area contributed by atoms with Crippen molar-refractivity contribution in [2.45, 2.75) is 65.7 Å². The summed E-state index contributed by atoms with van der Waals surface area (Å²) in [6.45, 7) is 7.72. The molecular formula is C16H32N2O. The Kier molecular flexibility index (Phi) is 6.84. The van der Waals surface area contributed by atoms with E-state index in [9.17, 15) is 4.79 Å². The molecule has 3 nitrogen and oxygen atoms in total. The molecule has 0 heterocycles. The number of carbonyl (C=O) groups excluding carboxylic acids is 1. The van der Waals surface area contributed by atoms with E-state index in [0.717, 1.165) is 37.6 Å². The van der Waals surface area contributed by atoms with Gasteiger partial charge in [-0.1, -0.05) is 40.0 Å². The predicted octanol–water partition coefficient (Wildman–Crippen LogP) is 3.08. The Morgan fingerprint density at radius 1 is 1.32 bits per heavy atom. The van der Waals surface area contributed by atoms with E-state index < -0.39 is 0 Å². The lowest BCUT2D eigenvalue weighted by Gasteiger charge is -2.30. The monoisotopic (exact) mass is 268 g/mol. The van der Waals surface area contributed by atoms with Gasteiger partial charge in [-0.15, -0.1) is 0 Å². The Labute approximate surface area is 118 Å². The number of amides is 1. The summed E-state index contributed by atoms with van der Waals surface area (Å²) in [7, 11) is 0. The molecular weight excluding hydrogens is 236 g/mol. The molecule has 0 spiro atoms. The number of nitrogens with one attached hydrogen (secondary N) is 1. The summed E-state index contributed by atoms with van der Waals surface area (Å²) in [5.41, 5.74) is 5.45. The van der Waals surface area contributed by atoms with Crippen molar-refractivity contribution in [2.24, 2.45) is 23.0 Å². The zero-order valence-electron chi connectivity index (χ0n) is 13.0. The van der Waals surface area contributed by atoms with Crippen LogP contribution in [0.4, 0.5) is 0 Å². The molecule has 0 aromatic heterocycles. The van der Waals surface area contributed by atoms with Gasteiger partial charge in [0.05, 0.1) is 5.41 Å². The minimum absolute atomic E-state index is 0.156. The van der Waals surface area contributed by atoms with E-state index in [1.54, 1.807) is 0 Å². The van der Waals surface area contributed by atoms with Crippen LogP contribution in [0.3, 0.4) is 0 Å². The highest BCUT2D eigenvalue weighted by atomic mass is 16.2. The summed E-state index contributed by atoms with van der Waals surface area (Å²) in [6, 6.07) is 0. The molecule has 0 radical (unpaired) electrons. The van der Waals surface area contributed by atoms with Crippen molar-refractivity contribution in [1.29, 1.82) is 0 Å². The zero-order chi connectivity index (χ0) is 14.3. The second kappa shape index (κ2) is 7.88. The van der Waals surface area contributed by atoms with E-state index in [1.165, 1.54) is 25.7 Å². The molecule has 1 aliphatic carbocycles. The van der Waals surface area contributed by atoms with Gasteiger partial charge in [-0.3, -0.25) is 4.79 Å². The Morgan fingerprint density at radius 2 is 2.00 bits per heavy atom.